The van der Waals surface area contributed by atoms with Crippen molar-refractivity contribution in [1.82, 2.24) is 25.2 Å². The molecule has 302 valence electrons. The van der Waals surface area contributed by atoms with E-state index in [1.165, 1.54) is 18.3 Å². The Labute approximate surface area is 327 Å². The predicted molar refractivity (Wildman–Crippen MR) is 203 cm³/mol. The molecular weight excluding hydrogens is 770 g/mol. The molecule has 3 saturated heterocycles. The van der Waals surface area contributed by atoms with Crippen LogP contribution in [-0.4, -0.2) is 95.1 Å². The molecule has 56 heavy (non-hydrogen) atoms. The van der Waals surface area contributed by atoms with Gasteiger partial charge in [0.1, 0.15) is 18.1 Å². The number of likely N-dealkylation sites (tertiary alicyclic amines) is 1. The molecule has 7 rings (SSSR count). The number of aryl methyl sites for hydroxylation is 1. The number of alkyl halides is 3. The fraction of sp³-hybridized carbons (Fsp3) is 0.564. The molecule has 12 nitrogen and oxygen atoms in total. The van der Waals surface area contributed by atoms with Gasteiger partial charge in [-0.25, -0.2) is 5.09 Å². The Morgan fingerprint density at radius 3 is 2.59 bits per heavy atom. The van der Waals surface area contributed by atoms with Gasteiger partial charge < -0.3 is 24.4 Å². The van der Waals surface area contributed by atoms with E-state index in [4.69, 9.17) is 9.26 Å². The van der Waals surface area contributed by atoms with Crippen molar-refractivity contribution in [3.63, 3.8) is 0 Å². The average Bonchev–Trinajstić information content (AvgIpc) is 3.48. The van der Waals surface area contributed by atoms with Gasteiger partial charge in [0.05, 0.1) is 17.6 Å². The first-order valence-electron chi connectivity index (χ1n) is 19.2. The second-order valence-electron chi connectivity index (χ2n) is 15.6. The molecule has 1 aliphatic carbocycles. The molecule has 1 unspecified atom stereocenters. The van der Waals surface area contributed by atoms with E-state index in [0.717, 1.165) is 30.4 Å². The van der Waals surface area contributed by atoms with Gasteiger partial charge in [-0.15, -0.1) is 11.3 Å². The number of amides is 3. The number of esters is 1. The highest BCUT2D eigenvalue weighted by atomic mass is 32.1. The van der Waals surface area contributed by atoms with Gasteiger partial charge in [0.2, 0.25) is 11.8 Å². The number of carbonyl (C=O) groups excluding carboxylic acids is 4. The summed E-state index contributed by atoms with van der Waals surface area (Å²) in [5.74, 6) is -0.517. The lowest BCUT2D eigenvalue weighted by Gasteiger charge is -2.43. The number of carbonyl (C=O) groups is 4. The Kier molecular flexibility index (Phi) is 11.7. The number of rotatable bonds is 13. The largest absolute Gasteiger partial charge is 0.465 e. The molecule has 5 heterocycles. The van der Waals surface area contributed by atoms with Crippen LogP contribution < -0.4 is 10.4 Å². The molecule has 3 aliphatic heterocycles. The number of hydrogen-bond donors (Lipinski definition) is 2. The molecule has 4 fully saturated rings. The second kappa shape index (κ2) is 16.2. The normalized spacial score (nSPS) is 25.3. The van der Waals surface area contributed by atoms with Gasteiger partial charge in [0.25, 0.3) is 13.4 Å². The number of nitrogens with zero attached hydrogens (tertiary/aromatic N) is 3. The molecule has 2 N–H and O–H groups in total. The highest BCUT2D eigenvalue weighted by Crippen LogP contribution is 2.50. The first-order chi connectivity index (χ1) is 26.6. The van der Waals surface area contributed by atoms with Gasteiger partial charge in [0.15, 0.2) is 6.61 Å². The molecule has 3 aromatic rings. The Bertz CT molecular complexity index is 2040. The molecule has 0 radical (unpaired) electrons. The zero-order valence-corrected chi connectivity index (χ0v) is 33.3. The van der Waals surface area contributed by atoms with Crippen LogP contribution in [0.2, 0.25) is 0 Å². The summed E-state index contributed by atoms with van der Waals surface area (Å²) in [7, 11) is -4.27. The molecule has 0 spiro atoms. The number of hydrogen-bond acceptors (Lipinski definition) is 9. The van der Waals surface area contributed by atoms with E-state index in [1.807, 2.05) is 24.1 Å². The van der Waals surface area contributed by atoms with Gasteiger partial charge in [-0.3, -0.25) is 28.7 Å². The molecule has 7 atom stereocenters. The SMILES string of the molecule is CCCOC(=O)[C@H](C)NP(=O)(Cc1ccc2sc(C(=O)N[C@H]3C[C@@H]4C[C@@H]4C[C@H]4CC[C@@H](C(=O)N5CC(c6cnccc6C)C5)N4C3=O)cc2c1)OCC(F)(F)F. The van der Waals surface area contributed by atoms with Crippen molar-refractivity contribution in [2.75, 3.05) is 26.3 Å². The summed E-state index contributed by atoms with van der Waals surface area (Å²) in [5, 5.41) is 6.02. The molecule has 0 bridgehead atoms. The van der Waals surface area contributed by atoms with E-state index in [-0.39, 0.29) is 30.4 Å². The van der Waals surface area contributed by atoms with Crippen LogP contribution in [0, 0.1) is 18.8 Å². The summed E-state index contributed by atoms with van der Waals surface area (Å²) in [4.78, 5) is 62.5. The minimum atomic E-state index is -4.76. The van der Waals surface area contributed by atoms with Crippen LogP contribution in [-0.2, 0) is 34.4 Å². The molecule has 3 amide bonds. The predicted octanol–water partition coefficient (Wildman–Crippen LogP) is 6.32. The third-order valence-electron chi connectivity index (χ3n) is 11.4. The van der Waals surface area contributed by atoms with E-state index in [9.17, 15) is 36.9 Å². The molecule has 2 aromatic heterocycles. The quantitative estimate of drug-likeness (QED) is 0.149. The Balaban J connectivity index is 1.03. The Hall–Kier alpha value is -3.85. The van der Waals surface area contributed by atoms with Crippen molar-refractivity contribution in [1.29, 1.82) is 0 Å². The number of nitrogens with one attached hydrogen (secondary N) is 2. The average molecular weight is 818 g/mol. The lowest BCUT2D eigenvalue weighted by atomic mass is 9.89. The highest BCUT2D eigenvalue weighted by Gasteiger charge is 2.52. The van der Waals surface area contributed by atoms with Crippen molar-refractivity contribution < 1.29 is 46.2 Å². The standard InChI is InChI=1S/C39H47F3N5O7PS/c1-4-11-53-38(51)23(3)45-55(52,54-21-39(40,41)42)20-24-5-8-33-27(12-24)16-34(56-33)35(48)44-31-15-26-13-25(26)14-29-6-7-32(47(29)36(31)49)37(50)46-18-28(19-46)30-17-43-10-9-22(30)2/h5,8-10,12,16-17,23,25-26,28-29,31-32H,4,6-7,11,13-15,18-21H2,1-3H3,(H,44,48)(H,45,52)/t23-,25+,26-,29+,31-,32-,55?/m0/s1. The van der Waals surface area contributed by atoms with Crippen molar-refractivity contribution in [3.8, 4) is 0 Å². The summed E-state index contributed by atoms with van der Waals surface area (Å²) in [5.41, 5.74) is 2.63. The number of benzene rings is 1. The van der Waals surface area contributed by atoms with E-state index >= 15 is 0 Å². The van der Waals surface area contributed by atoms with Gasteiger partial charge >= 0.3 is 12.1 Å². The zero-order valence-electron chi connectivity index (χ0n) is 31.5. The maximum Gasteiger partial charge on any atom is 0.412 e. The smallest absolute Gasteiger partial charge is 0.412 e. The van der Waals surface area contributed by atoms with Crippen LogP contribution in [0.25, 0.3) is 10.1 Å². The summed E-state index contributed by atoms with van der Waals surface area (Å²) in [6.07, 6.45) is 2.60. The third-order valence-corrected chi connectivity index (χ3v) is 14.6. The van der Waals surface area contributed by atoms with Crippen LogP contribution in [0.1, 0.15) is 84.7 Å². The number of aromatic nitrogens is 1. The number of ether oxygens (including phenoxy) is 1. The van der Waals surface area contributed by atoms with Crippen LogP contribution in [0.3, 0.4) is 0 Å². The van der Waals surface area contributed by atoms with E-state index in [1.54, 1.807) is 42.3 Å². The van der Waals surface area contributed by atoms with Crippen LogP contribution in [0.4, 0.5) is 13.2 Å². The second-order valence-corrected chi connectivity index (χ2v) is 18.9. The van der Waals surface area contributed by atoms with Crippen LogP contribution in [0.5, 0.6) is 0 Å². The van der Waals surface area contributed by atoms with Crippen LogP contribution >= 0.6 is 18.9 Å². The minimum Gasteiger partial charge on any atom is -0.465 e. The van der Waals surface area contributed by atoms with Crippen LogP contribution in [0.15, 0.2) is 42.7 Å². The molecule has 4 aliphatic rings. The van der Waals surface area contributed by atoms with Gasteiger partial charge in [-0.1, -0.05) is 13.0 Å². The van der Waals surface area contributed by atoms with Gasteiger partial charge in [-0.2, -0.15) is 13.2 Å². The molecule has 1 aromatic carbocycles. The Morgan fingerprint density at radius 1 is 1.09 bits per heavy atom. The maximum atomic E-state index is 14.3. The number of thiophene rings is 1. The zero-order chi connectivity index (χ0) is 39.9. The topological polar surface area (TPSA) is 147 Å². The first-order valence-corrected chi connectivity index (χ1v) is 21.8. The summed E-state index contributed by atoms with van der Waals surface area (Å²) in [6.45, 7) is 4.64. The molecule has 17 heteroatoms. The molecule has 1 saturated carbocycles. The fourth-order valence-corrected chi connectivity index (χ4v) is 11.3. The first kappa shape index (κ1) is 40.4. The lowest BCUT2D eigenvalue weighted by molar-refractivity contribution is -0.153. The maximum absolute atomic E-state index is 14.3. The van der Waals surface area contributed by atoms with Crippen molar-refractivity contribution >= 4 is 52.6 Å². The minimum absolute atomic E-state index is 0.0496. The highest BCUT2D eigenvalue weighted by molar-refractivity contribution is 7.56. The van der Waals surface area contributed by atoms with Gasteiger partial charge in [-0.05, 0) is 111 Å². The van der Waals surface area contributed by atoms with E-state index in [2.05, 4.69) is 15.4 Å². The summed E-state index contributed by atoms with van der Waals surface area (Å²) in [6, 6.07) is 5.84. The van der Waals surface area contributed by atoms with Crippen molar-refractivity contribution in [3.05, 3.63) is 64.3 Å². The van der Waals surface area contributed by atoms with Crippen molar-refractivity contribution in [2.24, 2.45) is 11.8 Å². The monoisotopic (exact) mass is 817 g/mol. The van der Waals surface area contributed by atoms with E-state index in [0.29, 0.717) is 64.7 Å². The molecular formula is C39H47F3N5O7PS. The number of pyridine rings is 1. The fourth-order valence-electron chi connectivity index (χ4n) is 8.36. The lowest BCUT2D eigenvalue weighted by Crippen LogP contribution is -2.59. The number of fused-ring (bicyclic) bond motifs is 3. The van der Waals surface area contributed by atoms with E-state index < -0.39 is 56.5 Å². The van der Waals surface area contributed by atoms with Gasteiger partial charge in [0, 0.05) is 42.1 Å². The van der Waals surface area contributed by atoms with Crippen molar-refractivity contribution in [2.45, 2.75) is 102 Å². The summed E-state index contributed by atoms with van der Waals surface area (Å²) < 4.78 is 63.8. The number of halogens is 3. The summed E-state index contributed by atoms with van der Waals surface area (Å²) >= 11 is 1.19. The third kappa shape index (κ3) is 8.98. The Morgan fingerprint density at radius 2 is 1.86 bits per heavy atom.